The predicted octanol–water partition coefficient (Wildman–Crippen LogP) is 4.34. The van der Waals surface area contributed by atoms with E-state index in [4.69, 9.17) is 4.78 Å². The summed E-state index contributed by atoms with van der Waals surface area (Å²) < 4.78 is 22.1. The second-order valence-electron chi connectivity index (χ2n) is 10.6. The Bertz CT molecular complexity index is 1500. The number of benzene rings is 1. The Hall–Kier alpha value is -3.25. The third-order valence-electron chi connectivity index (χ3n) is 7.40. The van der Waals surface area contributed by atoms with Crippen LogP contribution in [0.1, 0.15) is 58.9 Å². The van der Waals surface area contributed by atoms with E-state index in [9.17, 15) is 13.8 Å². The molecule has 0 bridgehead atoms. The number of amides is 2. The first-order chi connectivity index (χ1) is 18.3. The zero-order valence-electron chi connectivity index (χ0n) is 21.2. The number of nitrogens with zero attached hydrogens (tertiary/aromatic N) is 3. The van der Waals surface area contributed by atoms with Crippen LogP contribution in [0.4, 0.5) is 16.6 Å². The van der Waals surface area contributed by atoms with E-state index in [0.717, 1.165) is 49.0 Å². The molecule has 2 aromatic heterocycles. The number of aryl methyl sites for hydroxylation is 1. The number of anilines is 3. The van der Waals surface area contributed by atoms with E-state index < -0.39 is 9.73 Å². The fourth-order valence-corrected chi connectivity index (χ4v) is 6.82. The van der Waals surface area contributed by atoms with Crippen LogP contribution in [0.3, 0.4) is 0 Å². The van der Waals surface area contributed by atoms with Crippen LogP contribution in [0.2, 0.25) is 0 Å². The van der Waals surface area contributed by atoms with Gasteiger partial charge >= 0.3 is 0 Å². The van der Waals surface area contributed by atoms with Crippen molar-refractivity contribution in [2.24, 2.45) is 11.8 Å². The third-order valence-corrected chi connectivity index (χ3v) is 9.76. The van der Waals surface area contributed by atoms with Crippen molar-refractivity contribution >= 4 is 49.5 Å². The molecule has 1 aromatic carbocycles. The summed E-state index contributed by atoms with van der Waals surface area (Å²) in [5.74, 6) is 1.06. The van der Waals surface area contributed by atoms with Gasteiger partial charge in [0.05, 0.1) is 15.3 Å². The fraction of sp³-hybridized carbons (Fsp3) is 0.462. The number of aromatic nitrogens is 3. The predicted molar refractivity (Wildman–Crippen MR) is 147 cm³/mol. The van der Waals surface area contributed by atoms with E-state index in [1.54, 1.807) is 24.5 Å². The maximum absolute atomic E-state index is 13.4. The zero-order valence-corrected chi connectivity index (χ0v) is 22.8. The molecule has 2 saturated carbocycles. The molecule has 200 valence electrons. The number of hydrogen-bond acceptors (Lipinski definition) is 8. The molecule has 3 aliphatic rings. The smallest absolute Gasteiger partial charge is 0.254 e. The molecule has 2 amide bonds. The molecule has 4 N–H and O–H groups in total. The van der Waals surface area contributed by atoms with Gasteiger partial charge in [-0.2, -0.15) is 0 Å². The monoisotopic (exact) mass is 553 g/mol. The van der Waals surface area contributed by atoms with Gasteiger partial charge in [-0.15, -0.1) is 21.5 Å². The summed E-state index contributed by atoms with van der Waals surface area (Å²) in [5.41, 5.74) is 2.27. The molecule has 38 heavy (non-hydrogen) atoms. The molecule has 0 radical (unpaired) electrons. The Labute approximate surface area is 225 Å². The second kappa shape index (κ2) is 9.81. The van der Waals surface area contributed by atoms with Crippen molar-refractivity contribution < 1.29 is 13.8 Å². The van der Waals surface area contributed by atoms with Crippen molar-refractivity contribution in [3.63, 3.8) is 0 Å². The summed E-state index contributed by atoms with van der Waals surface area (Å²) in [5, 5.41) is 18.5. The molecule has 12 heteroatoms. The van der Waals surface area contributed by atoms with Crippen molar-refractivity contribution in [1.29, 1.82) is 4.78 Å². The molecule has 2 atom stereocenters. The zero-order chi connectivity index (χ0) is 26.4. The molecule has 2 fully saturated rings. The Balaban J connectivity index is 1.26. The van der Waals surface area contributed by atoms with Crippen molar-refractivity contribution in [3.8, 4) is 0 Å². The Morgan fingerprint density at radius 2 is 2.03 bits per heavy atom. The average molecular weight is 554 g/mol. The van der Waals surface area contributed by atoms with Crippen molar-refractivity contribution in [1.82, 2.24) is 20.1 Å². The van der Waals surface area contributed by atoms with E-state index in [0.29, 0.717) is 46.0 Å². The number of hydrogen-bond donors (Lipinski definition) is 4. The van der Waals surface area contributed by atoms with Crippen LogP contribution in [-0.4, -0.2) is 43.6 Å². The first-order valence-corrected chi connectivity index (χ1v) is 15.8. The number of fused-ring (bicyclic) bond motifs is 1. The van der Waals surface area contributed by atoms with Gasteiger partial charge in [0.1, 0.15) is 11.3 Å². The summed E-state index contributed by atoms with van der Waals surface area (Å²) in [6.07, 6.45) is 9.46. The summed E-state index contributed by atoms with van der Waals surface area (Å²) in [7, 11) is -2.85. The van der Waals surface area contributed by atoms with Gasteiger partial charge in [0.2, 0.25) is 11.9 Å². The van der Waals surface area contributed by atoms with Crippen LogP contribution in [0, 0.1) is 16.6 Å². The highest BCUT2D eigenvalue weighted by Gasteiger charge is 2.35. The van der Waals surface area contributed by atoms with Crippen LogP contribution >= 0.6 is 11.3 Å². The highest BCUT2D eigenvalue weighted by Crippen LogP contribution is 2.43. The summed E-state index contributed by atoms with van der Waals surface area (Å²) >= 11 is 1.53. The van der Waals surface area contributed by atoms with Gasteiger partial charge < -0.3 is 16.0 Å². The maximum atomic E-state index is 13.4. The highest BCUT2D eigenvalue weighted by molar-refractivity contribution is 7.91. The lowest BCUT2D eigenvalue weighted by molar-refractivity contribution is -0.117. The van der Waals surface area contributed by atoms with Gasteiger partial charge in [0, 0.05) is 40.2 Å². The number of thiophene rings is 1. The quantitative estimate of drug-likeness (QED) is 0.311. The van der Waals surface area contributed by atoms with Crippen LogP contribution < -0.4 is 16.0 Å². The van der Waals surface area contributed by atoms with Gasteiger partial charge in [-0.05, 0) is 74.6 Å². The second-order valence-corrected chi connectivity index (χ2v) is 13.8. The van der Waals surface area contributed by atoms with Crippen LogP contribution in [0.15, 0.2) is 35.5 Å². The van der Waals surface area contributed by atoms with Gasteiger partial charge in [-0.1, -0.05) is 6.07 Å². The molecule has 0 saturated heterocycles. The van der Waals surface area contributed by atoms with E-state index in [1.807, 2.05) is 10.6 Å². The normalized spacial score (nSPS) is 20.3. The lowest BCUT2D eigenvalue weighted by Gasteiger charge is -2.25. The molecule has 3 aromatic rings. The van der Waals surface area contributed by atoms with Gasteiger partial charge in [-0.25, -0.2) is 8.99 Å². The summed E-state index contributed by atoms with van der Waals surface area (Å²) in [6, 6.07) is 7.00. The van der Waals surface area contributed by atoms with E-state index in [-0.39, 0.29) is 23.8 Å². The van der Waals surface area contributed by atoms with Crippen molar-refractivity contribution in [2.75, 3.05) is 23.4 Å². The lowest BCUT2D eigenvalue weighted by atomic mass is 9.91. The minimum absolute atomic E-state index is 0.00705. The molecule has 2 heterocycles. The van der Waals surface area contributed by atoms with Gasteiger partial charge in [0.25, 0.3) is 5.91 Å². The largest absolute Gasteiger partial charge is 0.352 e. The fourth-order valence-electron chi connectivity index (χ4n) is 4.88. The van der Waals surface area contributed by atoms with E-state index >= 15 is 0 Å². The number of carbonyl (C=O) groups is 2. The van der Waals surface area contributed by atoms with E-state index in [2.05, 4.69) is 26.1 Å². The first kappa shape index (κ1) is 25.1. The topological polar surface area (TPSA) is 142 Å². The number of nitrogens with one attached hydrogen (secondary N) is 4. The third kappa shape index (κ3) is 5.32. The van der Waals surface area contributed by atoms with Gasteiger partial charge in [-0.3, -0.25) is 14.2 Å². The molecule has 6 rings (SSSR count). The summed E-state index contributed by atoms with van der Waals surface area (Å²) in [4.78, 5) is 27.6. The van der Waals surface area contributed by atoms with Crippen LogP contribution in [0.5, 0.6) is 0 Å². The number of rotatable bonds is 9. The van der Waals surface area contributed by atoms with Gasteiger partial charge in [0.15, 0.2) is 0 Å². The minimum atomic E-state index is -2.85. The molecule has 0 aliphatic heterocycles. The van der Waals surface area contributed by atoms with Crippen molar-refractivity contribution in [3.05, 3.63) is 46.6 Å². The molecule has 10 nitrogen and oxygen atoms in total. The SMILES string of the molecule is C[S@](=N)(=O)c1cccc(Nc2nncn2[C@H]2CCc3sc(NC(=O)C4CC4)c(C(=O)NCC4CC4)c3C2)c1. The molecular formula is C26H31N7O3S2. The van der Waals surface area contributed by atoms with Crippen molar-refractivity contribution in [2.45, 2.75) is 55.9 Å². The maximum Gasteiger partial charge on any atom is 0.254 e. The lowest BCUT2D eigenvalue weighted by Crippen LogP contribution is -2.28. The highest BCUT2D eigenvalue weighted by atomic mass is 32.2. The summed E-state index contributed by atoms with van der Waals surface area (Å²) in [6.45, 7) is 0.671. The molecule has 0 unspecified atom stereocenters. The first-order valence-electron chi connectivity index (χ1n) is 13.0. The standard InChI is InChI=1S/C26H31N7O3S2/c1-38(27,36)19-4-2-3-17(11-19)30-26-32-29-14-33(26)18-9-10-21-20(12-18)22(24(35)28-13-15-5-6-15)25(37-21)31-23(34)16-7-8-16/h2-4,11,14-16,18,27H,5-10,12-13H2,1H3,(H,28,35)(H,30,32)(H,31,34)/t18-,38-/m0/s1. The average Bonchev–Trinajstić information content (AvgIpc) is 3.81. The Morgan fingerprint density at radius 1 is 1.21 bits per heavy atom. The molecule has 0 spiro atoms. The van der Waals surface area contributed by atoms with Crippen LogP contribution in [0.25, 0.3) is 0 Å². The number of carbonyl (C=O) groups excluding carboxylic acids is 2. The minimum Gasteiger partial charge on any atom is -0.352 e. The van der Waals surface area contributed by atoms with Crippen LogP contribution in [-0.2, 0) is 27.4 Å². The molecule has 3 aliphatic carbocycles. The Morgan fingerprint density at radius 3 is 2.76 bits per heavy atom. The Kier molecular flexibility index (Phi) is 6.47. The van der Waals surface area contributed by atoms with E-state index in [1.165, 1.54) is 17.6 Å². The molecular weight excluding hydrogens is 522 g/mol.